The van der Waals surface area contributed by atoms with Crippen molar-refractivity contribution in [3.8, 4) is 12.1 Å². The predicted octanol–water partition coefficient (Wildman–Crippen LogP) is 4.18. The smallest absolute Gasteiger partial charge is 0.317 e. The molecule has 2 unspecified atom stereocenters. The Labute approximate surface area is 162 Å². The molecule has 2 aromatic carbocycles. The van der Waals surface area contributed by atoms with E-state index >= 15 is 0 Å². The summed E-state index contributed by atoms with van der Waals surface area (Å²) in [5.41, 5.74) is -1.46. The first-order valence-corrected chi connectivity index (χ1v) is 8.82. The first kappa shape index (κ1) is 16.8. The van der Waals surface area contributed by atoms with Crippen LogP contribution in [0.15, 0.2) is 58.2 Å². The molecule has 2 aliphatic rings. The van der Waals surface area contributed by atoms with Crippen LogP contribution in [0.3, 0.4) is 0 Å². The van der Waals surface area contributed by atoms with Crippen LogP contribution in [0.1, 0.15) is 17.0 Å². The molecule has 1 aliphatic heterocycles. The summed E-state index contributed by atoms with van der Waals surface area (Å²) >= 11 is 9.33. The Morgan fingerprint density at radius 3 is 2.46 bits per heavy atom. The second-order valence-corrected chi connectivity index (χ2v) is 7.51. The lowest BCUT2D eigenvalue weighted by Gasteiger charge is -2.10. The van der Waals surface area contributed by atoms with E-state index in [9.17, 15) is 15.3 Å². The van der Waals surface area contributed by atoms with Gasteiger partial charge in [-0.05, 0) is 29.8 Å². The fourth-order valence-electron chi connectivity index (χ4n) is 3.81. The van der Waals surface area contributed by atoms with Crippen molar-refractivity contribution in [2.24, 2.45) is 16.0 Å². The number of nitriles is 2. The molecule has 2 aromatic rings. The average molecular weight is 427 g/mol. The molecule has 1 heterocycles. The number of carbonyl (C=O) groups is 1. The SMILES string of the molecule is N#CC1(C#N)C(c2cccc(Br)c2)C12C(=O)ON=C2c1ccc(Cl)cc1. The van der Waals surface area contributed by atoms with Crippen molar-refractivity contribution in [3.05, 3.63) is 69.2 Å². The number of rotatable bonds is 2. The van der Waals surface area contributed by atoms with Crippen molar-refractivity contribution >= 4 is 39.2 Å². The standard InChI is InChI=1S/C19H9BrClN3O2/c20-13-3-1-2-12(8-13)15-18(9-22,10-23)19(15)16(24-26-17(19)25)11-4-6-14(21)7-5-11/h1-8,15H. The molecule has 5 nitrogen and oxygen atoms in total. The summed E-state index contributed by atoms with van der Waals surface area (Å²) in [6.45, 7) is 0. The van der Waals surface area contributed by atoms with Crippen LogP contribution in [0.2, 0.25) is 5.02 Å². The maximum absolute atomic E-state index is 12.7. The van der Waals surface area contributed by atoms with E-state index in [0.29, 0.717) is 16.1 Å². The van der Waals surface area contributed by atoms with E-state index in [1.807, 2.05) is 6.07 Å². The van der Waals surface area contributed by atoms with Crippen molar-refractivity contribution in [2.75, 3.05) is 0 Å². The van der Waals surface area contributed by atoms with Gasteiger partial charge in [0.2, 0.25) is 0 Å². The fraction of sp³-hybridized carbons (Fsp3) is 0.158. The molecule has 1 aliphatic carbocycles. The Bertz CT molecular complexity index is 1040. The van der Waals surface area contributed by atoms with Gasteiger partial charge < -0.3 is 4.84 Å². The Hall–Kier alpha value is -2.67. The molecule has 1 fully saturated rings. The maximum atomic E-state index is 12.7. The molecule has 7 heteroatoms. The quantitative estimate of drug-likeness (QED) is 0.674. The van der Waals surface area contributed by atoms with Crippen LogP contribution < -0.4 is 0 Å². The highest BCUT2D eigenvalue weighted by Crippen LogP contribution is 2.76. The number of hydrogen-bond donors (Lipinski definition) is 0. The summed E-state index contributed by atoms with van der Waals surface area (Å²) in [4.78, 5) is 17.7. The van der Waals surface area contributed by atoms with Crippen molar-refractivity contribution in [1.82, 2.24) is 0 Å². The van der Waals surface area contributed by atoms with E-state index in [4.69, 9.17) is 16.4 Å². The minimum Gasteiger partial charge on any atom is -0.317 e. The molecule has 0 radical (unpaired) electrons. The lowest BCUT2D eigenvalue weighted by molar-refractivity contribution is -0.145. The largest absolute Gasteiger partial charge is 0.350 e. The molecule has 4 rings (SSSR count). The monoisotopic (exact) mass is 425 g/mol. The molecule has 2 atom stereocenters. The summed E-state index contributed by atoms with van der Waals surface area (Å²) in [7, 11) is 0. The van der Waals surface area contributed by atoms with E-state index in [1.165, 1.54) is 0 Å². The highest BCUT2D eigenvalue weighted by Gasteiger charge is 2.88. The highest BCUT2D eigenvalue weighted by molar-refractivity contribution is 9.10. The molecule has 1 spiro atoms. The first-order chi connectivity index (χ1) is 12.5. The Balaban J connectivity index is 1.93. The molecule has 0 saturated heterocycles. The van der Waals surface area contributed by atoms with Gasteiger partial charge in [0.25, 0.3) is 0 Å². The number of benzene rings is 2. The minimum absolute atomic E-state index is 0.284. The first-order valence-electron chi connectivity index (χ1n) is 7.65. The van der Waals surface area contributed by atoms with Crippen molar-refractivity contribution in [1.29, 1.82) is 10.5 Å². The van der Waals surface area contributed by atoms with Gasteiger partial charge >= 0.3 is 5.97 Å². The van der Waals surface area contributed by atoms with Crippen LogP contribution >= 0.6 is 27.5 Å². The lowest BCUT2D eigenvalue weighted by atomic mass is 9.86. The number of halogens is 2. The van der Waals surface area contributed by atoms with Gasteiger partial charge in [-0.3, -0.25) is 0 Å². The van der Waals surface area contributed by atoms with Gasteiger partial charge in [-0.1, -0.05) is 57.0 Å². The summed E-state index contributed by atoms with van der Waals surface area (Å²) < 4.78 is 0.790. The van der Waals surface area contributed by atoms with Crippen LogP contribution in [0.25, 0.3) is 0 Å². The molecular weight excluding hydrogens is 418 g/mol. The van der Waals surface area contributed by atoms with Gasteiger partial charge in [0.05, 0.1) is 12.1 Å². The van der Waals surface area contributed by atoms with Gasteiger partial charge in [-0.25, -0.2) is 4.79 Å². The second kappa shape index (κ2) is 5.67. The number of nitrogens with zero attached hydrogens (tertiary/aromatic N) is 3. The van der Waals surface area contributed by atoms with Crippen LogP contribution in [0.5, 0.6) is 0 Å². The normalized spacial score (nSPS) is 25.2. The summed E-state index contributed by atoms with van der Waals surface area (Å²) in [6, 6.07) is 18.0. The number of hydrogen-bond acceptors (Lipinski definition) is 5. The zero-order valence-corrected chi connectivity index (χ0v) is 15.5. The van der Waals surface area contributed by atoms with Gasteiger partial charge in [0, 0.05) is 21.0 Å². The van der Waals surface area contributed by atoms with Crippen LogP contribution in [0.4, 0.5) is 0 Å². The third-order valence-corrected chi connectivity index (χ3v) is 5.72. The molecule has 26 heavy (non-hydrogen) atoms. The van der Waals surface area contributed by atoms with E-state index < -0.39 is 22.7 Å². The van der Waals surface area contributed by atoms with E-state index in [0.717, 1.165) is 4.47 Å². The zero-order valence-electron chi connectivity index (χ0n) is 13.1. The van der Waals surface area contributed by atoms with E-state index in [-0.39, 0.29) is 5.71 Å². The zero-order chi connectivity index (χ0) is 18.5. The number of carbonyl (C=O) groups excluding carboxylic acids is 1. The summed E-state index contributed by atoms with van der Waals surface area (Å²) in [5.74, 6) is -1.36. The van der Waals surface area contributed by atoms with Crippen LogP contribution in [0, 0.1) is 33.5 Å². The fourth-order valence-corrected chi connectivity index (χ4v) is 4.35. The van der Waals surface area contributed by atoms with E-state index in [2.05, 4.69) is 33.2 Å². The third-order valence-electron chi connectivity index (χ3n) is 4.97. The molecule has 0 aromatic heterocycles. The molecular formula is C19H9BrClN3O2. The van der Waals surface area contributed by atoms with Gasteiger partial charge in [0.15, 0.2) is 10.8 Å². The molecule has 0 amide bonds. The summed E-state index contributed by atoms with van der Waals surface area (Å²) in [6.07, 6.45) is 0. The van der Waals surface area contributed by atoms with Gasteiger partial charge in [0.1, 0.15) is 5.71 Å². The maximum Gasteiger partial charge on any atom is 0.350 e. The average Bonchev–Trinajstić information content (AvgIpc) is 3.13. The molecule has 0 N–H and O–H groups in total. The van der Waals surface area contributed by atoms with Gasteiger partial charge in [-0.15, -0.1) is 0 Å². The van der Waals surface area contributed by atoms with Crippen molar-refractivity contribution in [2.45, 2.75) is 5.92 Å². The minimum atomic E-state index is -1.58. The number of oxime groups is 1. The van der Waals surface area contributed by atoms with Crippen molar-refractivity contribution < 1.29 is 9.63 Å². The topological polar surface area (TPSA) is 86.2 Å². The van der Waals surface area contributed by atoms with Crippen LogP contribution in [-0.2, 0) is 9.63 Å². The highest BCUT2D eigenvalue weighted by atomic mass is 79.9. The van der Waals surface area contributed by atoms with Crippen LogP contribution in [-0.4, -0.2) is 11.7 Å². The third kappa shape index (κ3) is 1.94. The molecule has 0 bridgehead atoms. The summed E-state index contributed by atoms with van der Waals surface area (Å²) in [5, 5.41) is 24.1. The molecule has 126 valence electrons. The second-order valence-electron chi connectivity index (χ2n) is 6.15. The van der Waals surface area contributed by atoms with Crippen molar-refractivity contribution in [3.63, 3.8) is 0 Å². The Kier molecular flexibility index (Phi) is 3.66. The Morgan fingerprint density at radius 2 is 1.85 bits per heavy atom. The predicted molar refractivity (Wildman–Crippen MR) is 97.1 cm³/mol. The molecule has 1 saturated carbocycles. The van der Waals surface area contributed by atoms with E-state index in [1.54, 1.807) is 42.5 Å². The Morgan fingerprint density at radius 1 is 1.15 bits per heavy atom. The van der Waals surface area contributed by atoms with Gasteiger partial charge in [-0.2, -0.15) is 10.5 Å². The lowest BCUT2D eigenvalue weighted by Crippen LogP contribution is -2.28.